The van der Waals surface area contributed by atoms with Crippen LogP contribution in [-0.2, 0) is 24.1 Å². The molecule has 1 heterocycles. The van der Waals surface area contributed by atoms with E-state index in [4.69, 9.17) is 0 Å². The van der Waals surface area contributed by atoms with Crippen molar-refractivity contribution in [2.24, 2.45) is 5.92 Å². The second kappa shape index (κ2) is 7.82. The number of nitrogens with one attached hydrogen (secondary N) is 2. The molecule has 2 aliphatic carbocycles. The average molecular weight is 371 g/mol. The molecule has 2 N–H and O–H groups in total. The minimum atomic E-state index is -0.238. The highest BCUT2D eigenvalue weighted by Gasteiger charge is 2.20. The van der Waals surface area contributed by atoms with Gasteiger partial charge in [-0.05, 0) is 55.4 Å². The maximum atomic E-state index is 12.5. The van der Waals surface area contributed by atoms with Gasteiger partial charge >= 0.3 is 0 Å². The third kappa shape index (κ3) is 4.11. The highest BCUT2D eigenvalue weighted by atomic mass is 32.2. The number of benzene rings is 1. The monoisotopic (exact) mass is 370 g/mol. The van der Waals surface area contributed by atoms with Crippen LogP contribution in [0.3, 0.4) is 0 Å². The summed E-state index contributed by atoms with van der Waals surface area (Å²) in [4.78, 5) is 17.1. The standard InChI is InChI=1S/C20H26N4OS/c1-13(19(25)21-17-10-9-15-7-4-8-16(15)12-17)26-20-22-18(23-24-20)11-14-5-2-3-6-14/h9-10,12-14H,2-8,11H2,1H3,(H,21,25)(H,22,23,24). The van der Waals surface area contributed by atoms with Crippen molar-refractivity contribution in [1.82, 2.24) is 15.2 Å². The second-order valence-corrected chi connectivity index (χ2v) is 8.81. The van der Waals surface area contributed by atoms with Gasteiger partial charge in [-0.25, -0.2) is 4.98 Å². The molecule has 1 aromatic carbocycles. The lowest BCUT2D eigenvalue weighted by atomic mass is 10.0. The van der Waals surface area contributed by atoms with Gasteiger partial charge in [-0.3, -0.25) is 9.89 Å². The van der Waals surface area contributed by atoms with Crippen molar-refractivity contribution in [3.05, 3.63) is 35.2 Å². The number of H-pyrrole nitrogens is 1. The van der Waals surface area contributed by atoms with Crippen molar-refractivity contribution >= 4 is 23.4 Å². The average Bonchev–Trinajstić information content (AvgIpc) is 3.37. The van der Waals surface area contributed by atoms with Crippen molar-refractivity contribution in [3.8, 4) is 0 Å². The zero-order valence-corrected chi connectivity index (χ0v) is 16.1. The van der Waals surface area contributed by atoms with E-state index in [0.717, 1.165) is 36.7 Å². The Balaban J connectivity index is 1.31. The molecule has 2 aromatic rings. The first-order valence-corrected chi connectivity index (χ1v) is 10.6. The summed E-state index contributed by atoms with van der Waals surface area (Å²) in [5.74, 6) is 1.68. The minimum absolute atomic E-state index is 0.00455. The lowest BCUT2D eigenvalue weighted by Gasteiger charge is -2.11. The molecule has 5 nitrogen and oxygen atoms in total. The third-order valence-electron chi connectivity index (χ3n) is 5.49. The Kier molecular flexibility index (Phi) is 5.29. The Morgan fingerprint density at radius 3 is 2.92 bits per heavy atom. The van der Waals surface area contributed by atoms with Crippen molar-refractivity contribution < 1.29 is 4.79 Å². The summed E-state index contributed by atoms with van der Waals surface area (Å²) < 4.78 is 0. The number of thioether (sulfide) groups is 1. The van der Waals surface area contributed by atoms with Crippen LogP contribution >= 0.6 is 11.8 Å². The number of hydrogen-bond acceptors (Lipinski definition) is 4. The number of hydrogen-bond donors (Lipinski definition) is 2. The molecule has 0 radical (unpaired) electrons. The summed E-state index contributed by atoms with van der Waals surface area (Å²) in [5, 5.41) is 10.8. The van der Waals surface area contributed by atoms with E-state index in [1.165, 1.54) is 55.0 Å². The van der Waals surface area contributed by atoms with Crippen LogP contribution in [0.5, 0.6) is 0 Å². The first kappa shape index (κ1) is 17.6. The van der Waals surface area contributed by atoms with Gasteiger partial charge in [0.15, 0.2) is 0 Å². The van der Waals surface area contributed by atoms with Gasteiger partial charge in [-0.15, -0.1) is 5.10 Å². The highest BCUT2D eigenvalue weighted by Crippen LogP contribution is 2.28. The van der Waals surface area contributed by atoms with Crippen molar-refractivity contribution in [2.75, 3.05) is 5.32 Å². The van der Waals surface area contributed by atoms with Crippen molar-refractivity contribution in [2.45, 2.75) is 68.7 Å². The van der Waals surface area contributed by atoms with E-state index in [2.05, 4.69) is 32.6 Å². The molecule has 2 aliphatic rings. The number of aromatic amines is 1. The lowest BCUT2D eigenvalue weighted by molar-refractivity contribution is -0.115. The first-order chi connectivity index (χ1) is 12.7. The molecule has 0 spiro atoms. The van der Waals surface area contributed by atoms with Crippen LogP contribution < -0.4 is 5.32 Å². The molecule has 4 rings (SSSR count). The molecule has 1 fully saturated rings. The maximum Gasteiger partial charge on any atom is 0.237 e. The Morgan fingerprint density at radius 2 is 2.08 bits per heavy atom. The lowest BCUT2D eigenvalue weighted by Crippen LogP contribution is -2.22. The normalized spacial score (nSPS) is 18.0. The van der Waals surface area contributed by atoms with Crippen LogP contribution in [0.2, 0.25) is 0 Å². The van der Waals surface area contributed by atoms with Crippen molar-refractivity contribution in [1.29, 1.82) is 0 Å². The van der Waals surface area contributed by atoms with E-state index < -0.39 is 0 Å². The predicted molar refractivity (Wildman–Crippen MR) is 104 cm³/mol. The minimum Gasteiger partial charge on any atom is -0.325 e. The summed E-state index contributed by atoms with van der Waals surface area (Å²) in [7, 11) is 0. The number of rotatable bonds is 6. The molecule has 6 heteroatoms. The molecular weight excluding hydrogens is 344 g/mol. The van der Waals surface area contributed by atoms with E-state index in [1.807, 2.05) is 13.0 Å². The summed E-state index contributed by atoms with van der Waals surface area (Å²) in [6, 6.07) is 6.26. The Labute approximate surface area is 158 Å². The number of amides is 1. The SMILES string of the molecule is CC(Sc1n[nH]c(CC2CCCC2)n1)C(=O)Nc1ccc2c(c1)CCC2. The number of anilines is 1. The molecular formula is C20H26N4OS. The molecule has 26 heavy (non-hydrogen) atoms. The number of carbonyl (C=O) groups excluding carboxylic acids is 1. The number of carbonyl (C=O) groups is 1. The third-order valence-corrected chi connectivity index (χ3v) is 6.45. The van der Waals surface area contributed by atoms with Crippen LogP contribution in [0.25, 0.3) is 0 Å². The summed E-state index contributed by atoms with van der Waals surface area (Å²) in [6.45, 7) is 1.90. The molecule has 1 aromatic heterocycles. The number of fused-ring (bicyclic) bond motifs is 1. The van der Waals surface area contributed by atoms with Crippen LogP contribution in [0.4, 0.5) is 5.69 Å². The van der Waals surface area contributed by atoms with Gasteiger partial charge in [0.1, 0.15) is 5.82 Å². The molecule has 1 atom stereocenters. The van der Waals surface area contributed by atoms with Crippen LogP contribution in [0.1, 0.15) is 56.0 Å². The molecule has 1 unspecified atom stereocenters. The maximum absolute atomic E-state index is 12.5. The quantitative estimate of drug-likeness (QED) is 0.750. The Hall–Kier alpha value is -1.82. The summed E-state index contributed by atoms with van der Waals surface area (Å²) in [6.07, 6.45) is 9.72. The van der Waals surface area contributed by atoms with E-state index in [-0.39, 0.29) is 11.2 Å². The van der Waals surface area contributed by atoms with Gasteiger partial charge in [0.25, 0.3) is 0 Å². The number of aryl methyl sites for hydroxylation is 2. The molecule has 0 saturated heterocycles. The van der Waals surface area contributed by atoms with E-state index in [1.54, 1.807) is 0 Å². The topological polar surface area (TPSA) is 70.7 Å². The Morgan fingerprint density at radius 1 is 1.27 bits per heavy atom. The van der Waals surface area contributed by atoms with Crippen LogP contribution in [-0.4, -0.2) is 26.3 Å². The number of aromatic nitrogens is 3. The molecule has 138 valence electrons. The highest BCUT2D eigenvalue weighted by molar-refractivity contribution is 8.00. The second-order valence-electron chi connectivity index (χ2n) is 7.51. The van der Waals surface area contributed by atoms with Gasteiger partial charge in [0, 0.05) is 12.1 Å². The molecule has 0 bridgehead atoms. The zero-order chi connectivity index (χ0) is 17.9. The molecule has 1 saturated carbocycles. The number of nitrogens with zero attached hydrogens (tertiary/aromatic N) is 2. The fourth-order valence-electron chi connectivity index (χ4n) is 4.01. The van der Waals surface area contributed by atoms with Crippen LogP contribution in [0.15, 0.2) is 23.4 Å². The largest absolute Gasteiger partial charge is 0.325 e. The van der Waals surface area contributed by atoms with Gasteiger partial charge in [-0.2, -0.15) is 0 Å². The van der Waals surface area contributed by atoms with Gasteiger partial charge < -0.3 is 5.32 Å². The van der Waals surface area contributed by atoms with Gasteiger partial charge in [-0.1, -0.05) is 43.5 Å². The predicted octanol–water partition coefficient (Wildman–Crippen LogP) is 4.15. The Bertz CT molecular complexity index is 782. The fourth-order valence-corrected chi connectivity index (χ4v) is 4.76. The van der Waals surface area contributed by atoms with E-state index in [9.17, 15) is 4.79 Å². The molecule has 1 amide bonds. The van der Waals surface area contributed by atoms with E-state index >= 15 is 0 Å². The smallest absolute Gasteiger partial charge is 0.237 e. The van der Waals surface area contributed by atoms with E-state index in [0.29, 0.717) is 5.16 Å². The summed E-state index contributed by atoms with van der Waals surface area (Å²) in [5.41, 5.74) is 3.68. The first-order valence-electron chi connectivity index (χ1n) is 9.68. The van der Waals surface area contributed by atoms with Crippen molar-refractivity contribution in [3.63, 3.8) is 0 Å². The summed E-state index contributed by atoms with van der Waals surface area (Å²) >= 11 is 1.41. The van der Waals surface area contributed by atoms with Gasteiger partial charge in [0.2, 0.25) is 11.1 Å². The van der Waals surface area contributed by atoms with Crippen LogP contribution in [0, 0.1) is 5.92 Å². The molecule has 0 aliphatic heterocycles. The zero-order valence-electron chi connectivity index (χ0n) is 15.3. The van der Waals surface area contributed by atoms with Gasteiger partial charge in [0.05, 0.1) is 5.25 Å². The fraction of sp³-hybridized carbons (Fsp3) is 0.550.